The Labute approximate surface area is 193 Å². The SMILES string of the molecule is CCS(=O)(=O)c1ccc(Oc2cccc(C(C)C)c2F)c(-c2cn(C)c(=O)c3[nH]ccc23)c1.[HH]. The molecule has 0 radical (unpaired) electrons. The van der Waals surface area contributed by atoms with Crippen LogP contribution in [0.4, 0.5) is 4.39 Å². The van der Waals surface area contributed by atoms with Crippen LogP contribution in [0.5, 0.6) is 11.5 Å². The van der Waals surface area contributed by atoms with Gasteiger partial charge in [0.2, 0.25) is 0 Å². The summed E-state index contributed by atoms with van der Waals surface area (Å²) in [7, 11) is -1.89. The number of rotatable bonds is 6. The van der Waals surface area contributed by atoms with Crippen LogP contribution < -0.4 is 10.3 Å². The van der Waals surface area contributed by atoms with Gasteiger partial charge in [-0.2, -0.15) is 0 Å². The topological polar surface area (TPSA) is 81.2 Å². The van der Waals surface area contributed by atoms with Gasteiger partial charge in [0, 0.05) is 37.4 Å². The lowest BCUT2D eigenvalue weighted by Crippen LogP contribution is -2.16. The van der Waals surface area contributed by atoms with Gasteiger partial charge in [0.25, 0.3) is 5.56 Å². The average molecular weight is 471 g/mol. The normalized spacial score (nSPS) is 11.9. The minimum absolute atomic E-state index is 0. The maximum absolute atomic E-state index is 15.1. The highest BCUT2D eigenvalue weighted by Gasteiger charge is 2.21. The predicted octanol–water partition coefficient (Wildman–Crippen LogP) is 5.63. The lowest BCUT2D eigenvalue weighted by Gasteiger charge is -2.17. The van der Waals surface area contributed by atoms with Crippen LogP contribution in [0.25, 0.3) is 22.0 Å². The molecule has 1 N–H and O–H groups in total. The first-order valence-corrected chi connectivity index (χ1v) is 12.3. The van der Waals surface area contributed by atoms with Gasteiger partial charge in [-0.25, -0.2) is 12.8 Å². The first-order valence-electron chi connectivity index (χ1n) is 10.6. The Hall–Kier alpha value is -3.39. The molecule has 0 aliphatic rings. The van der Waals surface area contributed by atoms with Gasteiger partial charge in [-0.15, -0.1) is 0 Å². The number of sulfone groups is 1. The third-order valence-electron chi connectivity index (χ3n) is 5.71. The predicted molar refractivity (Wildman–Crippen MR) is 129 cm³/mol. The molecule has 2 aromatic carbocycles. The molecule has 0 atom stereocenters. The standard InChI is InChI=1S/C25H25FN2O4S.H2/c1-5-33(30,31)16-9-10-21(32-22-8-6-7-17(15(2)3)23(22)26)19(13-16)20-14-28(4)25(29)24-18(20)11-12-27-24;/h6-15,27H,5H2,1-4H3;1H. The van der Waals surface area contributed by atoms with E-state index in [9.17, 15) is 13.2 Å². The fraction of sp³-hybridized carbons (Fsp3) is 0.240. The molecule has 0 unspecified atom stereocenters. The minimum Gasteiger partial charge on any atom is -0.454 e. The Kier molecular flexibility index (Phi) is 5.88. The second-order valence-electron chi connectivity index (χ2n) is 8.20. The second kappa shape index (κ2) is 8.51. The summed E-state index contributed by atoms with van der Waals surface area (Å²) >= 11 is 0. The summed E-state index contributed by atoms with van der Waals surface area (Å²) in [6.07, 6.45) is 3.28. The van der Waals surface area contributed by atoms with Crippen LogP contribution in [0.1, 0.15) is 33.7 Å². The maximum atomic E-state index is 15.1. The van der Waals surface area contributed by atoms with Crippen molar-refractivity contribution in [2.45, 2.75) is 31.6 Å². The first-order chi connectivity index (χ1) is 15.6. The van der Waals surface area contributed by atoms with Gasteiger partial charge in [-0.1, -0.05) is 32.9 Å². The lowest BCUT2D eigenvalue weighted by atomic mass is 10.0. The molecule has 0 saturated carbocycles. The second-order valence-corrected chi connectivity index (χ2v) is 10.5. The highest BCUT2D eigenvalue weighted by Crippen LogP contribution is 2.39. The number of nitrogens with zero attached hydrogens (tertiary/aromatic N) is 1. The van der Waals surface area contributed by atoms with E-state index in [2.05, 4.69) is 4.98 Å². The fourth-order valence-electron chi connectivity index (χ4n) is 3.82. The Morgan fingerprint density at radius 1 is 1.12 bits per heavy atom. The Bertz CT molecular complexity index is 1520. The molecule has 0 aliphatic heterocycles. The fourth-order valence-corrected chi connectivity index (χ4v) is 4.73. The number of hydrogen-bond acceptors (Lipinski definition) is 4. The van der Waals surface area contributed by atoms with Gasteiger partial charge < -0.3 is 14.3 Å². The number of ether oxygens (including phenoxy) is 1. The quantitative estimate of drug-likeness (QED) is 0.396. The van der Waals surface area contributed by atoms with Crippen molar-refractivity contribution >= 4 is 20.7 Å². The number of H-pyrrole nitrogens is 1. The number of fused-ring (bicyclic) bond motifs is 1. The van der Waals surface area contributed by atoms with Crippen LogP contribution in [0.3, 0.4) is 0 Å². The summed E-state index contributed by atoms with van der Waals surface area (Å²) in [5, 5.41) is 0.616. The van der Waals surface area contributed by atoms with Crippen molar-refractivity contribution in [1.29, 1.82) is 0 Å². The van der Waals surface area contributed by atoms with Crippen LogP contribution in [0.2, 0.25) is 0 Å². The maximum Gasteiger partial charge on any atom is 0.274 e. The van der Waals surface area contributed by atoms with Gasteiger partial charge in [0.15, 0.2) is 21.4 Å². The third-order valence-corrected chi connectivity index (χ3v) is 7.44. The van der Waals surface area contributed by atoms with Crippen molar-refractivity contribution in [3.05, 3.63) is 76.6 Å². The van der Waals surface area contributed by atoms with E-state index < -0.39 is 15.7 Å². The van der Waals surface area contributed by atoms with Gasteiger partial charge in [-0.3, -0.25) is 4.79 Å². The van der Waals surface area contributed by atoms with Crippen molar-refractivity contribution in [3.63, 3.8) is 0 Å². The Morgan fingerprint density at radius 3 is 2.58 bits per heavy atom. The van der Waals surface area contributed by atoms with Crippen LogP contribution in [0, 0.1) is 5.82 Å². The van der Waals surface area contributed by atoms with E-state index in [1.54, 1.807) is 44.6 Å². The summed E-state index contributed by atoms with van der Waals surface area (Å²) in [4.78, 5) is 15.6. The van der Waals surface area contributed by atoms with E-state index in [1.165, 1.54) is 28.8 Å². The summed E-state index contributed by atoms with van der Waals surface area (Å²) in [5.74, 6) is -0.233. The van der Waals surface area contributed by atoms with Crippen LogP contribution >= 0.6 is 0 Å². The van der Waals surface area contributed by atoms with Crippen LogP contribution in [-0.2, 0) is 16.9 Å². The van der Waals surface area contributed by atoms with E-state index in [0.717, 1.165) is 0 Å². The molecule has 2 heterocycles. The molecular weight excluding hydrogens is 443 g/mol. The minimum atomic E-state index is -3.51. The smallest absolute Gasteiger partial charge is 0.274 e. The number of aromatic nitrogens is 2. The Morgan fingerprint density at radius 2 is 1.88 bits per heavy atom. The van der Waals surface area contributed by atoms with E-state index >= 15 is 4.39 Å². The Balaban J connectivity index is 0.00000324. The molecule has 0 bridgehead atoms. The van der Waals surface area contributed by atoms with Crippen molar-refractivity contribution in [1.82, 2.24) is 9.55 Å². The number of hydrogen-bond donors (Lipinski definition) is 1. The number of nitrogens with one attached hydrogen (secondary N) is 1. The molecule has 0 amide bonds. The molecule has 0 spiro atoms. The summed E-state index contributed by atoms with van der Waals surface area (Å²) in [5.41, 5.74) is 1.73. The van der Waals surface area contributed by atoms with E-state index in [-0.39, 0.29) is 35.1 Å². The largest absolute Gasteiger partial charge is 0.454 e. The third kappa shape index (κ3) is 4.06. The molecule has 0 fully saturated rings. The molecule has 4 rings (SSSR count). The van der Waals surface area contributed by atoms with Gasteiger partial charge >= 0.3 is 0 Å². The molecule has 0 saturated heterocycles. The summed E-state index contributed by atoms with van der Waals surface area (Å²) in [6.45, 7) is 5.36. The molecule has 33 heavy (non-hydrogen) atoms. The number of pyridine rings is 1. The molecule has 6 nitrogen and oxygen atoms in total. The highest BCUT2D eigenvalue weighted by atomic mass is 32.2. The van der Waals surface area contributed by atoms with E-state index in [0.29, 0.717) is 27.6 Å². The zero-order valence-corrected chi connectivity index (χ0v) is 19.7. The molecule has 2 aromatic heterocycles. The van der Waals surface area contributed by atoms with Crippen molar-refractivity contribution in [2.75, 3.05) is 5.75 Å². The van der Waals surface area contributed by atoms with Gasteiger partial charge in [0.05, 0.1) is 10.6 Å². The average Bonchev–Trinajstić information content (AvgIpc) is 3.28. The van der Waals surface area contributed by atoms with Gasteiger partial charge in [-0.05, 0) is 41.8 Å². The van der Waals surface area contributed by atoms with E-state index in [1.807, 2.05) is 13.8 Å². The van der Waals surface area contributed by atoms with Crippen LogP contribution in [0.15, 0.2) is 64.5 Å². The number of benzene rings is 2. The molecular formula is C25H27FN2O4S. The highest BCUT2D eigenvalue weighted by molar-refractivity contribution is 7.91. The van der Waals surface area contributed by atoms with Crippen molar-refractivity contribution in [2.24, 2.45) is 7.05 Å². The monoisotopic (exact) mass is 470 g/mol. The van der Waals surface area contributed by atoms with Gasteiger partial charge in [0.1, 0.15) is 11.3 Å². The van der Waals surface area contributed by atoms with Crippen molar-refractivity contribution < 1.29 is 19.0 Å². The summed E-state index contributed by atoms with van der Waals surface area (Å²) < 4.78 is 47.7. The zero-order chi connectivity index (χ0) is 23.9. The zero-order valence-electron chi connectivity index (χ0n) is 18.8. The molecule has 174 valence electrons. The lowest BCUT2D eigenvalue weighted by molar-refractivity contribution is 0.437. The van der Waals surface area contributed by atoms with Crippen LogP contribution in [-0.4, -0.2) is 23.7 Å². The van der Waals surface area contributed by atoms with E-state index in [4.69, 9.17) is 4.74 Å². The number of aromatic amines is 1. The summed E-state index contributed by atoms with van der Waals surface area (Å²) in [6, 6.07) is 11.2. The number of halogens is 1. The first kappa shape index (κ1) is 22.8. The molecule has 4 aromatic rings. The molecule has 8 heteroatoms. The molecule has 0 aliphatic carbocycles. The van der Waals surface area contributed by atoms with Crippen molar-refractivity contribution in [3.8, 4) is 22.6 Å². The number of aryl methyl sites for hydroxylation is 1.